The van der Waals surface area contributed by atoms with E-state index in [1.54, 1.807) is 7.11 Å². The maximum Gasteiger partial charge on any atom is 0.161 e. The third-order valence-corrected chi connectivity index (χ3v) is 4.12. The third kappa shape index (κ3) is 5.21. The van der Waals surface area contributed by atoms with Crippen LogP contribution in [0.4, 0.5) is 0 Å². The summed E-state index contributed by atoms with van der Waals surface area (Å²) in [6.45, 7) is 4.15. The summed E-state index contributed by atoms with van der Waals surface area (Å²) in [7, 11) is 1.61. The third-order valence-electron chi connectivity index (χ3n) is 4.12. The number of nitrogens with one attached hydrogen (secondary N) is 1. The van der Waals surface area contributed by atoms with E-state index in [1.807, 2.05) is 24.3 Å². The minimum absolute atomic E-state index is 0.272. The number of aliphatic hydroxyl groups excluding tert-OH is 1. The molecule has 2 rings (SSSR count). The quantitative estimate of drug-likeness (QED) is 0.773. The fourth-order valence-corrected chi connectivity index (χ4v) is 2.95. The molecule has 1 aliphatic carbocycles. The van der Waals surface area contributed by atoms with E-state index in [9.17, 15) is 5.11 Å². The molecule has 1 aromatic rings. The van der Waals surface area contributed by atoms with E-state index in [1.165, 1.54) is 19.3 Å². The second-order valence-corrected chi connectivity index (χ2v) is 6.06. The molecular formula is C17H27NO3. The van der Waals surface area contributed by atoms with E-state index in [4.69, 9.17) is 9.47 Å². The maximum absolute atomic E-state index is 9.97. The predicted octanol–water partition coefficient (Wildman–Crippen LogP) is 2.46. The second kappa shape index (κ2) is 8.25. The molecule has 0 aromatic heterocycles. The lowest BCUT2D eigenvalue weighted by Crippen LogP contribution is -2.33. The van der Waals surface area contributed by atoms with Crippen molar-refractivity contribution in [1.29, 1.82) is 0 Å². The Morgan fingerprint density at radius 2 is 2.05 bits per heavy atom. The fourth-order valence-electron chi connectivity index (χ4n) is 2.95. The average molecular weight is 293 g/mol. The molecule has 1 saturated carbocycles. The van der Waals surface area contributed by atoms with Gasteiger partial charge in [0.1, 0.15) is 12.7 Å². The number of rotatable bonds is 8. The van der Waals surface area contributed by atoms with Crippen molar-refractivity contribution in [2.75, 3.05) is 26.8 Å². The van der Waals surface area contributed by atoms with Crippen LogP contribution in [0.2, 0.25) is 0 Å². The summed E-state index contributed by atoms with van der Waals surface area (Å²) in [5.41, 5.74) is 0. The van der Waals surface area contributed by atoms with Gasteiger partial charge in [0.05, 0.1) is 7.11 Å². The number of para-hydroxylation sites is 2. The Bertz CT molecular complexity index is 424. The molecule has 4 heteroatoms. The molecule has 1 aliphatic rings. The molecule has 4 nitrogen and oxygen atoms in total. The highest BCUT2D eigenvalue weighted by molar-refractivity contribution is 5.39. The van der Waals surface area contributed by atoms with Gasteiger partial charge in [0, 0.05) is 6.54 Å². The van der Waals surface area contributed by atoms with Gasteiger partial charge in [0.15, 0.2) is 11.5 Å². The zero-order valence-corrected chi connectivity index (χ0v) is 13.0. The van der Waals surface area contributed by atoms with Crippen LogP contribution in [0.3, 0.4) is 0 Å². The summed E-state index contributed by atoms with van der Waals surface area (Å²) in [5.74, 6) is 2.99. The Hall–Kier alpha value is -1.26. The smallest absolute Gasteiger partial charge is 0.161 e. The largest absolute Gasteiger partial charge is 0.493 e. The van der Waals surface area contributed by atoms with Crippen LogP contribution in [-0.4, -0.2) is 38.0 Å². The van der Waals surface area contributed by atoms with Gasteiger partial charge in [0.25, 0.3) is 0 Å². The summed E-state index contributed by atoms with van der Waals surface area (Å²) in [4.78, 5) is 0. The monoisotopic (exact) mass is 293 g/mol. The predicted molar refractivity (Wildman–Crippen MR) is 83.9 cm³/mol. The average Bonchev–Trinajstić information content (AvgIpc) is 2.91. The molecule has 2 N–H and O–H groups in total. The van der Waals surface area contributed by atoms with Gasteiger partial charge in [-0.15, -0.1) is 0 Å². The molecule has 0 spiro atoms. The molecule has 1 fully saturated rings. The molecular weight excluding hydrogens is 266 g/mol. The number of benzene rings is 1. The van der Waals surface area contributed by atoms with Crippen LogP contribution in [0.25, 0.3) is 0 Å². The van der Waals surface area contributed by atoms with E-state index in [0.717, 1.165) is 18.4 Å². The van der Waals surface area contributed by atoms with Crippen molar-refractivity contribution in [3.05, 3.63) is 24.3 Å². The molecule has 21 heavy (non-hydrogen) atoms. The van der Waals surface area contributed by atoms with Gasteiger partial charge >= 0.3 is 0 Å². The van der Waals surface area contributed by atoms with Gasteiger partial charge < -0.3 is 19.9 Å². The normalized spacial score (nSPS) is 23.0. The number of ether oxygens (including phenoxy) is 2. The lowest BCUT2D eigenvalue weighted by molar-refractivity contribution is 0.104. The summed E-state index contributed by atoms with van der Waals surface area (Å²) in [5, 5.41) is 13.3. The van der Waals surface area contributed by atoms with Crippen LogP contribution in [0.5, 0.6) is 11.5 Å². The molecule has 0 radical (unpaired) electrons. The van der Waals surface area contributed by atoms with Crippen LogP contribution in [0.15, 0.2) is 24.3 Å². The Morgan fingerprint density at radius 1 is 1.29 bits per heavy atom. The number of aliphatic hydroxyl groups is 1. The maximum atomic E-state index is 9.97. The van der Waals surface area contributed by atoms with Crippen molar-refractivity contribution in [3.63, 3.8) is 0 Å². The molecule has 0 bridgehead atoms. The highest BCUT2D eigenvalue weighted by Gasteiger charge is 2.20. The Labute approximate surface area is 127 Å². The highest BCUT2D eigenvalue weighted by atomic mass is 16.5. The van der Waals surface area contributed by atoms with Gasteiger partial charge in [-0.1, -0.05) is 25.5 Å². The fraction of sp³-hybridized carbons (Fsp3) is 0.647. The molecule has 1 aromatic carbocycles. The van der Waals surface area contributed by atoms with Gasteiger partial charge in [-0.2, -0.15) is 0 Å². The first-order chi connectivity index (χ1) is 10.2. The first kappa shape index (κ1) is 16.1. The second-order valence-electron chi connectivity index (χ2n) is 6.06. The number of hydrogen-bond donors (Lipinski definition) is 2. The van der Waals surface area contributed by atoms with Crippen molar-refractivity contribution < 1.29 is 14.6 Å². The van der Waals surface area contributed by atoms with Crippen LogP contribution >= 0.6 is 0 Å². The van der Waals surface area contributed by atoms with Crippen molar-refractivity contribution >= 4 is 0 Å². The van der Waals surface area contributed by atoms with E-state index >= 15 is 0 Å². The minimum Gasteiger partial charge on any atom is -0.493 e. The zero-order chi connectivity index (χ0) is 15.1. The lowest BCUT2D eigenvalue weighted by Gasteiger charge is -2.16. The highest BCUT2D eigenvalue weighted by Crippen LogP contribution is 2.29. The Balaban J connectivity index is 1.64. The summed E-state index contributed by atoms with van der Waals surface area (Å²) < 4.78 is 10.8. The summed E-state index contributed by atoms with van der Waals surface area (Å²) in [6, 6.07) is 7.48. The van der Waals surface area contributed by atoms with E-state index < -0.39 is 6.10 Å². The van der Waals surface area contributed by atoms with Crippen molar-refractivity contribution in [2.24, 2.45) is 11.8 Å². The van der Waals surface area contributed by atoms with E-state index in [-0.39, 0.29) is 6.61 Å². The van der Waals surface area contributed by atoms with Crippen LogP contribution in [-0.2, 0) is 0 Å². The minimum atomic E-state index is -0.506. The van der Waals surface area contributed by atoms with Crippen LogP contribution in [0, 0.1) is 11.8 Å². The van der Waals surface area contributed by atoms with Gasteiger partial charge in [-0.3, -0.25) is 0 Å². The number of hydrogen-bond acceptors (Lipinski definition) is 4. The van der Waals surface area contributed by atoms with Gasteiger partial charge in [-0.25, -0.2) is 0 Å². The Kier molecular flexibility index (Phi) is 6.33. The van der Waals surface area contributed by atoms with Crippen molar-refractivity contribution in [1.82, 2.24) is 5.32 Å². The van der Waals surface area contributed by atoms with Crippen molar-refractivity contribution in [3.8, 4) is 11.5 Å². The molecule has 3 unspecified atom stereocenters. The molecule has 0 heterocycles. The summed E-state index contributed by atoms with van der Waals surface area (Å²) >= 11 is 0. The van der Waals surface area contributed by atoms with E-state index in [0.29, 0.717) is 18.0 Å². The Morgan fingerprint density at radius 3 is 2.71 bits per heavy atom. The molecule has 0 aliphatic heterocycles. The first-order valence-electron chi connectivity index (χ1n) is 7.83. The molecule has 3 atom stereocenters. The SMILES string of the molecule is COc1ccccc1OCC(O)CNCC1CCC(C)C1. The zero-order valence-electron chi connectivity index (χ0n) is 13.0. The molecule has 0 saturated heterocycles. The van der Waals surface area contributed by atoms with Crippen LogP contribution < -0.4 is 14.8 Å². The standard InChI is InChI=1S/C17H27NO3/c1-13-7-8-14(9-13)10-18-11-15(19)12-21-17-6-4-3-5-16(17)20-2/h3-6,13-15,18-19H,7-12H2,1-2H3. The molecule has 118 valence electrons. The van der Waals surface area contributed by atoms with Gasteiger partial charge in [-0.05, 0) is 43.4 Å². The topological polar surface area (TPSA) is 50.7 Å². The lowest BCUT2D eigenvalue weighted by atomic mass is 10.1. The summed E-state index contributed by atoms with van der Waals surface area (Å²) in [6.07, 6.45) is 3.45. The first-order valence-corrected chi connectivity index (χ1v) is 7.83. The van der Waals surface area contributed by atoms with Crippen molar-refractivity contribution in [2.45, 2.75) is 32.3 Å². The van der Waals surface area contributed by atoms with Crippen LogP contribution in [0.1, 0.15) is 26.2 Å². The number of methoxy groups -OCH3 is 1. The molecule has 0 amide bonds. The van der Waals surface area contributed by atoms with E-state index in [2.05, 4.69) is 12.2 Å². The van der Waals surface area contributed by atoms with Gasteiger partial charge in [0.2, 0.25) is 0 Å².